The summed E-state index contributed by atoms with van der Waals surface area (Å²) >= 11 is 1.70. The van der Waals surface area contributed by atoms with E-state index in [1.165, 1.54) is 21.2 Å². The van der Waals surface area contributed by atoms with Gasteiger partial charge in [-0.2, -0.15) is 4.98 Å². The zero-order chi connectivity index (χ0) is 26.3. The number of thiophene rings is 1. The minimum absolute atomic E-state index is 0.500. The molecule has 0 saturated carbocycles. The van der Waals surface area contributed by atoms with E-state index in [0.717, 1.165) is 35.6 Å². The van der Waals surface area contributed by atoms with Crippen LogP contribution in [-0.2, 0) is 18.6 Å². The maximum atomic E-state index is 10.5. The van der Waals surface area contributed by atoms with Crippen LogP contribution < -0.4 is 10.6 Å². The fourth-order valence-corrected chi connectivity index (χ4v) is 5.78. The number of pyridine rings is 1. The van der Waals surface area contributed by atoms with E-state index < -0.39 is 5.60 Å². The number of benzene rings is 2. The van der Waals surface area contributed by atoms with E-state index in [-0.39, 0.29) is 0 Å². The highest BCUT2D eigenvalue weighted by atomic mass is 32.1. The van der Waals surface area contributed by atoms with Gasteiger partial charge in [0.1, 0.15) is 17.2 Å². The number of hydrogen-bond acceptors (Lipinski definition) is 8. The highest BCUT2D eigenvalue weighted by molar-refractivity contribution is 7.22. The standard InChI is InChI=1S/C30H30N6OS/c1-30(2,37)26-9-6-10-27(33-26)34-28-23(25-16-20-7-4-5-8-24(20)38-25)17-31-29(35-28)32-22-12-11-19-13-14-36(3)18-21(19)15-22/h4-12,15-17,37H,13-14,18H2,1-3H3,(H2,31,32,33,34,35). The molecule has 5 aromatic rings. The molecule has 0 saturated heterocycles. The van der Waals surface area contributed by atoms with E-state index in [0.29, 0.717) is 23.3 Å². The van der Waals surface area contributed by atoms with Crippen molar-refractivity contribution in [2.24, 2.45) is 0 Å². The molecule has 7 nitrogen and oxygen atoms in total. The van der Waals surface area contributed by atoms with Crippen molar-refractivity contribution in [2.45, 2.75) is 32.4 Å². The van der Waals surface area contributed by atoms with Crippen LogP contribution in [0.1, 0.15) is 30.7 Å². The second-order valence-corrected chi connectivity index (χ2v) is 11.4. The molecular weight excluding hydrogens is 492 g/mol. The van der Waals surface area contributed by atoms with Gasteiger partial charge in [0.2, 0.25) is 5.95 Å². The van der Waals surface area contributed by atoms with E-state index >= 15 is 0 Å². The summed E-state index contributed by atoms with van der Waals surface area (Å²) in [4.78, 5) is 17.6. The molecule has 0 spiro atoms. The van der Waals surface area contributed by atoms with Crippen molar-refractivity contribution in [2.75, 3.05) is 24.2 Å². The lowest BCUT2D eigenvalue weighted by molar-refractivity contribution is 0.0740. The van der Waals surface area contributed by atoms with Gasteiger partial charge in [0.25, 0.3) is 0 Å². The van der Waals surface area contributed by atoms with Crippen LogP contribution >= 0.6 is 11.3 Å². The average Bonchev–Trinajstić information content (AvgIpc) is 3.32. The molecule has 3 aromatic heterocycles. The summed E-state index contributed by atoms with van der Waals surface area (Å²) < 4.78 is 1.21. The number of rotatable bonds is 6. The Balaban J connectivity index is 1.37. The summed E-state index contributed by atoms with van der Waals surface area (Å²) in [5.74, 6) is 1.75. The van der Waals surface area contributed by atoms with Crippen LogP contribution in [-0.4, -0.2) is 38.6 Å². The summed E-state index contributed by atoms with van der Waals surface area (Å²) in [6.45, 7) is 5.47. The first-order valence-corrected chi connectivity index (χ1v) is 13.5. The van der Waals surface area contributed by atoms with Crippen molar-refractivity contribution in [3.05, 3.63) is 89.7 Å². The molecule has 1 aliphatic rings. The number of aliphatic hydroxyl groups is 1. The molecule has 6 rings (SSSR count). The molecule has 38 heavy (non-hydrogen) atoms. The number of likely N-dealkylation sites (N-methyl/N-ethyl adjacent to an activating group) is 1. The third kappa shape index (κ3) is 5.11. The predicted octanol–water partition coefficient (Wildman–Crippen LogP) is 6.46. The number of fused-ring (bicyclic) bond motifs is 2. The quantitative estimate of drug-likeness (QED) is 0.236. The maximum absolute atomic E-state index is 10.5. The molecule has 3 N–H and O–H groups in total. The molecule has 1 aliphatic heterocycles. The molecule has 0 atom stereocenters. The Morgan fingerprint density at radius 1 is 0.947 bits per heavy atom. The van der Waals surface area contributed by atoms with Crippen molar-refractivity contribution in [1.82, 2.24) is 19.9 Å². The van der Waals surface area contributed by atoms with Gasteiger partial charge in [-0.15, -0.1) is 11.3 Å². The Morgan fingerprint density at radius 2 is 1.82 bits per heavy atom. The molecule has 8 heteroatoms. The van der Waals surface area contributed by atoms with Gasteiger partial charge >= 0.3 is 0 Å². The molecule has 4 heterocycles. The van der Waals surface area contributed by atoms with E-state index in [9.17, 15) is 5.11 Å². The first-order chi connectivity index (χ1) is 18.3. The largest absolute Gasteiger partial charge is 0.384 e. The number of anilines is 4. The van der Waals surface area contributed by atoms with Crippen LogP contribution in [0.3, 0.4) is 0 Å². The average molecular weight is 523 g/mol. The molecule has 0 fully saturated rings. The third-order valence-electron chi connectivity index (χ3n) is 6.77. The highest BCUT2D eigenvalue weighted by Gasteiger charge is 2.19. The fraction of sp³-hybridized carbons (Fsp3) is 0.233. The van der Waals surface area contributed by atoms with E-state index in [1.807, 2.05) is 36.5 Å². The van der Waals surface area contributed by atoms with Gasteiger partial charge in [-0.3, -0.25) is 0 Å². The van der Waals surface area contributed by atoms with Crippen molar-refractivity contribution in [1.29, 1.82) is 0 Å². The second kappa shape index (κ2) is 9.79. The van der Waals surface area contributed by atoms with Gasteiger partial charge < -0.3 is 20.6 Å². The fourth-order valence-electron chi connectivity index (χ4n) is 4.70. The number of aromatic nitrogens is 3. The Hall–Kier alpha value is -3.85. The summed E-state index contributed by atoms with van der Waals surface area (Å²) in [7, 11) is 2.15. The summed E-state index contributed by atoms with van der Waals surface area (Å²) in [5, 5.41) is 18.5. The van der Waals surface area contributed by atoms with E-state index in [4.69, 9.17) is 4.98 Å². The van der Waals surface area contributed by atoms with Gasteiger partial charge in [0.05, 0.1) is 11.3 Å². The zero-order valence-corrected chi connectivity index (χ0v) is 22.5. The predicted molar refractivity (Wildman–Crippen MR) is 155 cm³/mol. The molecule has 0 amide bonds. The van der Waals surface area contributed by atoms with Crippen LogP contribution in [0, 0.1) is 0 Å². The molecule has 0 unspecified atom stereocenters. The van der Waals surface area contributed by atoms with Gasteiger partial charge in [0.15, 0.2) is 0 Å². The van der Waals surface area contributed by atoms with Crippen molar-refractivity contribution in [3.63, 3.8) is 0 Å². The van der Waals surface area contributed by atoms with Gasteiger partial charge in [-0.25, -0.2) is 9.97 Å². The van der Waals surface area contributed by atoms with Crippen LogP contribution in [0.5, 0.6) is 0 Å². The summed E-state index contributed by atoms with van der Waals surface area (Å²) in [5.41, 5.74) is 4.11. The second-order valence-electron chi connectivity index (χ2n) is 10.3. The Kier molecular flexibility index (Phi) is 6.31. The SMILES string of the molecule is CN1CCc2ccc(Nc3ncc(-c4cc5ccccc5s4)c(Nc4cccc(C(C)(C)O)n4)n3)cc2C1. The van der Waals surface area contributed by atoms with Gasteiger partial charge in [-0.1, -0.05) is 30.3 Å². The Labute approximate surface area is 226 Å². The zero-order valence-electron chi connectivity index (χ0n) is 21.7. The van der Waals surface area contributed by atoms with Crippen molar-refractivity contribution in [3.8, 4) is 10.4 Å². The van der Waals surface area contributed by atoms with E-state index in [1.54, 1.807) is 25.2 Å². The minimum Gasteiger partial charge on any atom is -0.384 e. The minimum atomic E-state index is -1.05. The highest BCUT2D eigenvalue weighted by Crippen LogP contribution is 2.38. The van der Waals surface area contributed by atoms with Crippen molar-refractivity contribution < 1.29 is 5.11 Å². The lowest BCUT2D eigenvalue weighted by Crippen LogP contribution is -2.26. The van der Waals surface area contributed by atoms with Crippen LogP contribution in [0.2, 0.25) is 0 Å². The van der Waals surface area contributed by atoms with E-state index in [2.05, 4.69) is 68.9 Å². The number of hydrogen-bond donors (Lipinski definition) is 3. The van der Waals surface area contributed by atoms with Crippen LogP contribution in [0.25, 0.3) is 20.5 Å². The molecule has 2 aromatic carbocycles. The molecule has 0 bridgehead atoms. The normalized spacial score (nSPS) is 13.9. The first-order valence-electron chi connectivity index (χ1n) is 12.7. The number of nitrogens with zero attached hydrogens (tertiary/aromatic N) is 4. The van der Waals surface area contributed by atoms with Crippen LogP contribution in [0.4, 0.5) is 23.3 Å². The van der Waals surface area contributed by atoms with Crippen molar-refractivity contribution >= 4 is 44.7 Å². The summed E-state index contributed by atoms with van der Waals surface area (Å²) in [6.07, 6.45) is 2.92. The van der Waals surface area contributed by atoms with Gasteiger partial charge in [0, 0.05) is 34.6 Å². The topological polar surface area (TPSA) is 86.2 Å². The maximum Gasteiger partial charge on any atom is 0.229 e. The monoisotopic (exact) mass is 522 g/mol. The smallest absolute Gasteiger partial charge is 0.229 e. The Bertz CT molecular complexity index is 1590. The lowest BCUT2D eigenvalue weighted by Gasteiger charge is -2.25. The molecular formula is C30H30N6OS. The number of nitrogens with one attached hydrogen (secondary N) is 2. The molecule has 0 radical (unpaired) electrons. The molecule has 192 valence electrons. The molecule has 0 aliphatic carbocycles. The lowest BCUT2D eigenvalue weighted by atomic mass is 9.99. The third-order valence-corrected chi connectivity index (χ3v) is 7.92. The Morgan fingerprint density at radius 3 is 2.66 bits per heavy atom. The summed E-state index contributed by atoms with van der Waals surface area (Å²) in [6, 6.07) is 22.5. The van der Waals surface area contributed by atoms with Gasteiger partial charge in [-0.05, 0) is 80.2 Å². The first kappa shape index (κ1) is 24.5. The van der Waals surface area contributed by atoms with Crippen LogP contribution in [0.15, 0.2) is 72.9 Å².